The summed E-state index contributed by atoms with van der Waals surface area (Å²) in [6.45, 7) is 2.60. The Bertz CT molecular complexity index is 691. The summed E-state index contributed by atoms with van der Waals surface area (Å²) in [4.78, 5) is 26.8. The molecular formula is C23H33N3O2. The smallest absolute Gasteiger partial charge is 0.253 e. The number of hydrogen-bond donors (Lipinski definition) is 2. The van der Waals surface area contributed by atoms with E-state index in [2.05, 4.69) is 16.7 Å². The van der Waals surface area contributed by atoms with E-state index in [9.17, 15) is 9.59 Å². The molecule has 0 radical (unpaired) electrons. The molecule has 1 aromatic carbocycles. The molecule has 5 heteroatoms. The predicted octanol–water partition coefficient (Wildman–Crippen LogP) is 4.12. The highest BCUT2D eigenvalue weighted by atomic mass is 16.2. The topological polar surface area (TPSA) is 61.4 Å². The summed E-state index contributed by atoms with van der Waals surface area (Å²) in [6.07, 6.45) is 12.8. The quantitative estimate of drug-likeness (QED) is 0.696. The number of hydrogen-bond acceptors (Lipinski definition) is 3. The van der Waals surface area contributed by atoms with Gasteiger partial charge in [0.25, 0.3) is 5.91 Å². The zero-order chi connectivity index (χ0) is 19.6. The van der Waals surface area contributed by atoms with Crippen molar-refractivity contribution in [3.05, 3.63) is 41.5 Å². The molecule has 0 unspecified atom stereocenters. The van der Waals surface area contributed by atoms with Crippen LogP contribution < -0.4 is 10.6 Å². The van der Waals surface area contributed by atoms with Gasteiger partial charge in [0.15, 0.2) is 0 Å². The van der Waals surface area contributed by atoms with E-state index in [0.717, 1.165) is 38.0 Å². The Morgan fingerprint density at radius 2 is 1.82 bits per heavy atom. The van der Waals surface area contributed by atoms with Gasteiger partial charge in [0.1, 0.15) is 0 Å². The van der Waals surface area contributed by atoms with Gasteiger partial charge in [0.05, 0.1) is 6.54 Å². The summed E-state index contributed by atoms with van der Waals surface area (Å²) in [7, 11) is 0. The van der Waals surface area contributed by atoms with Crippen LogP contribution in [0.4, 0.5) is 5.69 Å². The molecule has 1 aromatic rings. The number of anilines is 1. The van der Waals surface area contributed by atoms with Crippen molar-refractivity contribution < 1.29 is 9.59 Å². The van der Waals surface area contributed by atoms with Gasteiger partial charge in [-0.05, 0) is 63.1 Å². The summed E-state index contributed by atoms with van der Waals surface area (Å²) in [5, 5.41) is 6.12. The molecule has 0 saturated carbocycles. The first-order valence-electron chi connectivity index (χ1n) is 10.8. The van der Waals surface area contributed by atoms with Crippen molar-refractivity contribution >= 4 is 17.5 Å². The third-order valence-corrected chi connectivity index (χ3v) is 5.61. The van der Waals surface area contributed by atoms with Crippen LogP contribution in [-0.4, -0.2) is 42.9 Å². The fourth-order valence-corrected chi connectivity index (χ4v) is 3.96. The van der Waals surface area contributed by atoms with E-state index < -0.39 is 0 Å². The van der Waals surface area contributed by atoms with Crippen molar-refractivity contribution in [2.75, 3.05) is 31.5 Å². The number of carbonyl (C=O) groups excluding carboxylic acids is 2. The first-order valence-corrected chi connectivity index (χ1v) is 10.8. The molecule has 2 N–H and O–H groups in total. The Labute approximate surface area is 168 Å². The average molecular weight is 384 g/mol. The molecule has 1 aliphatic carbocycles. The molecule has 2 aliphatic rings. The maximum absolute atomic E-state index is 12.7. The largest absolute Gasteiger partial charge is 0.376 e. The lowest BCUT2D eigenvalue weighted by molar-refractivity contribution is -0.119. The Balaban J connectivity index is 1.44. The lowest BCUT2D eigenvalue weighted by Gasteiger charge is -2.20. The standard InChI is InChI=1S/C23H33N3O2/c27-22(24-14-13-19-9-4-3-5-10-19)18-25-21-12-8-11-20(17-21)23(28)26-15-6-1-2-7-16-26/h8-9,11-12,17,25H,1-7,10,13-16,18H2,(H,24,27). The minimum atomic E-state index is -0.0133. The van der Waals surface area contributed by atoms with Gasteiger partial charge in [-0.25, -0.2) is 0 Å². The molecule has 3 rings (SSSR count). The normalized spacial score (nSPS) is 17.4. The SMILES string of the molecule is O=C(CNc1cccc(C(=O)N2CCCCCC2)c1)NCCC1=CCCCC1. The van der Waals surface area contributed by atoms with Crippen molar-refractivity contribution in [1.82, 2.24) is 10.2 Å². The Kier molecular flexibility index (Phi) is 7.94. The van der Waals surface area contributed by atoms with Gasteiger partial charge in [-0.2, -0.15) is 0 Å². The number of benzene rings is 1. The fraction of sp³-hybridized carbons (Fsp3) is 0.565. The van der Waals surface area contributed by atoms with E-state index in [1.165, 1.54) is 44.1 Å². The highest BCUT2D eigenvalue weighted by Crippen LogP contribution is 2.19. The first kappa shape index (κ1) is 20.4. The molecule has 0 atom stereocenters. The number of allylic oxidation sites excluding steroid dienone is 1. The van der Waals surface area contributed by atoms with Gasteiger partial charge in [0, 0.05) is 30.9 Å². The van der Waals surface area contributed by atoms with Gasteiger partial charge < -0.3 is 15.5 Å². The van der Waals surface area contributed by atoms with Crippen LogP contribution in [0.15, 0.2) is 35.9 Å². The lowest BCUT2D eigenvalue weighted by atomic mass is 9.97. The maximum atomic E-state index is 12.7. The van der Waals surface area contributed by atoms with Crippen LogP contribution in [0.1, 0.15) is 68.1 Å². The van der Waals surface area contributed by atoms with Gasteiger partial charge in [-0.15, -0.1) is 0 Å². The fourth-order valence-electron chi connectivity index (χ4n) is 3.96. The summed E-state index contributed by atoms with van der Waals surface area (Å²) >= 11 is 0. The van der Waals surface area contributed by atoms with Crippen molar-refractivity contribution in [3.63, 3.8) is 0 Å². The third kappa shape index (κ3) is 6.39. The minimum absolute atomic E-state index is 0.0133. The minimum Gasteiger partial charge on any atom is -0.376 e. The average Bonchev–Trinajstić information content (AvgIpc) is 3.02. The number of nitrogens with one attached hydrogen (secondary N) is 2. The van der Waals surface area contributed by atoms with Crippen molar-refractivity contribution in [2.24, 2.45) is 0 Å². The summed E-state index contributed by atoms with van der Waals surface area (Å²) in [6, 6.07) is 7.49. The van der Waals surface area contributed by atoms with E-state index in [1.807, 2.05) is 29.2 Å². The Hall–Kier alpha value is -2.30. The molecule has 0 bridgehead atoms. The monoisotopic (exact) mass is 383 g/mol. The van der Waals surface area contributed by atoms with E-state index in [1.54, 1.807) is 0 Å². The number of rotatable bonds is 7. The zero-order valence-corrected chi connectivity index (χ0v) is 16.8. The second-order valence-electron chi connectivity index (χ2n) is 7.85. The Morgan fingerprint density at radius 1 is 1.00 bits per heavy atom. The number of carbonyl (C=O) groups is 2. The van der Waals surface area contributed by atoms with Crippen LogP contribution in [0.2, 0.25) is 0 Å². The highest BCUT2D eigenvalue weighted by Gasteiger charge is 2.17. The molecule has 1 heterocycles. The van der Waals surface area contributed by atoms with Crippen molar-refractivity contribution in [3.8, 4) is 0 Å². The lowest BCUT2D eigenvalue weighted by Crippen LogP contribution is -2.32. The van der Waals surface area contributed by atoms with Crippen LogP contribution in [0, 0.1) is 0 Å². The molecule has 1 fully saturated rings. The molecule has 28 heavy (non-hydrogen) atoms. The zero-order valence-electron chi connectivity index (χ0n) is 16.8. The summed E-state index contributed by atoms with van der Waals surface area (Å²) in [5.41, 5.74) is 2.97. The molecule has 0 spiro atoms. The van der Waals surface area contributed by atoms with Gasteiger partial charge >= 0.3 is 0 Å². The summed E-state index contributed by atoms with van der Waals surface area (Å²) < 4.78 is 0. The maximum Gasteiger partial charge on any atom is 0.253 e. The van der Waals surface area contributed by atoms with Crippen LogP contribution >= 0.6 is 0 Å². The van der Waals surface area contributed by atoms with E-state index in [-0.39, 0.29) is 18.4 Å². The molecule has 152 valence electrons. The molecule has 0 aromatic heterocycles. The van der Waals surface area contributed by atoms with Gasteiger partial charge in [-0.1, -0.05) is 30.6 Å². The second kappa shape index (κ2) is 10.9. The molecule has 1 saturated heterocycles. The predicted molar refractivity (Wildman–Crippen MR) is 113 cm³/mol. The Morgan fingerprint density at radius 3 is 2.57 bits per heavy atom. The number of likely N-dealkylation sites (tertiary alicyclic amines) is 1. The van der Waals surface area contributed by atoms with Crippen molar-refractivity contribution in [2.45, 2.75) is 57.8 Å². The highest BCUT2D eigenvalue weighted by molar-refractivity contribution is 5.95. The third-order valence-electron chi connectivity index (χ3n) is 5.61. The summed E-state index contributed by atoms with van der Waals surface area (Å²) in [5.74, 6) is 0.0800. The van der Waals surface area contributed by atoms with Gasteiger partial charge in [-0.3, -0.25) is 9.59 Å². The molecule has 1 aliphatic heterocycles. The van der Waals surface area contributed by atoms with Crippen LogP contribution in [0.3, 0.4) is 0 Å². The van der Waals surface area contributed by atoms with Crippen LogP contribution in [0.25, 0.3) is 0 Å². The second-order valence-corrected chi connectivity index (χ2v) is 7.85. The van der Waals surface area contributed by atoms with Gasteiger partial charge in [0.2, 0.25) is 5.91 Å². The number of amides is 2. The van der Waals surface area contributed by atoms with Crippen molar-refractivity contribution in [1.29, 1.82) is 0 Å². The molecule has 2 amide bonds. The first-order chi connectivity index (χ1) is 13.7. The van der Waals surface area contributed by atoms with E-state index in [4.69, 9.17) is 0 Å². The molecule has 5 nitrogen and oxygen atoms in total. The van der Waals surface area contributed by atoms with Crippen LogP contribution in [-0.2, 0) is 4.79 Å². The van der Waals surface area contributed by atoms with E-state index >= 15 is 0 Å². The number of nitrogens with zero attached hydrogens (tertiary/aromatic N) is 1. The van der Waals surface area contributed by atoms with E-state index in [0.29, 0.717) is 12.1 Å². The molecular weight excluding hydrogens is 350 g/mol. The van der Waals surface area contributed by atoms with Crippen LogP contribution in [0.5, 0.6) is 0 Å².